The third-order valence-electron chi connectivity index (χ3n) is 2.83. The van der Waals surface area contributed by atoms with E-state index < -0.39 is 10.0 Å². The molecule has 0 bridgehead atoms. The second kappa shape index (κ2) is 5.83. The molecule has 1 aromatic carbocycles. The predicted molar refractivity (Wildman–Crippen MR) is 84.3 cm³/mol. The average Bonchev–Trinajstić information content (AvgIpc) is 3.16. The van der Waals surface area contributed by atoms with Crippen LogP contribution in [0, 0.1) is 18.3 Å². The number of rotatable bonds is 4. The van der Waals surface area contributed by atoms with E-state index in [0.717, 1.165) is 11.3 Å². The number of aromatic nitrogens is 2. The summed E-state index contributed by atoms with van der Waals surface area (Å²) >= 11 is 1.02. The maximum Gasteiger partial charge on any atom is 0.271 e. The highest BCUT2D eigenvalue weighted by Crippen LogP contribution is 2.30. The van der Waals surface area contributed by atoms with Gasteiger partial charge in [-0.3, -0.25) is 4.72 Å². The van der Waals surface area contributed by atoms with Crippen molar-refractivity contribution in [1.82, 2.24) is 10.2 Å². The molecule has 2 heterocycles. The summed E-state index contributed by atoms with van der Waals surface area (Å²) in [5.74, 6) is 0.685. The quantitative estimate of drug-likeness (QED) is 0.778. The molecule has 23 heavy (non-hydrogen) atoms. The number of anilines is 1. The van der Waals surface area contributed by atoms with Crippen molar-refractivity contribution >= 4 is 27.0 Å². The highest BCUT2D eigenvalue weighted by atomic mass is 32.2. The molecule has 0 aliphatic rings. The molecular weight excluding hydrogens is 336 g/mol. The smallest absolute Gasteiger partial charge is 0.271 e. The summed E-state index contributed by atoms with van der Waals surface area (Å²) in [6.07, 6.45) is 0. The first-order chi connectivity index (χ1) is 11.0. The largest absolute Gasteiger partial charge is 0.420 e. The molecule has 9 heteroatoms. The fraction of sp³-hybridized carbons (Fsp3) is 0.0714. The Morgan fingerprint density at radius 1 is 1.26 bits per heavy atom. The van der Waals surface area contributed by atoms with Crippen molar-refractivity contribution in [2.45, 2.75) is 11.1 Å². The number of thiophene rings is 1. The minimum absolute atomic E-state index is 0.116. The number of nitrogens with one attached hydrogen (secondary N) is 1. The fourth-order valence-electron chi connectivity index (χ4n) is 1.83. The second-order valence-electron chi connectivity index (χ2n) is 4.54. The molecule has 0 aliphatic heterocycles. The zero-order valence-corrected chi connectivity index (χ0v) is 13.5. The lowest BCUT2D eigenvalue weighted by Gasteiger charge is -2.06. The molecule has 116 valence electrons. The molecule has 3 aromatic rings. The molecule has 0 atom stereocenters. The summed E-state index contributed by atoms with van der Waals surface area (Å²) in [6, 6.07) is 11.3. The number of benzene rings is 1. The van der Waals surface area contributed by atoms with Crippen LogP contribution in [0.25, 0.3) is 10.8 Å². The SMILES string of the molecule is Cc1nnc(-c2ccc(S(=O)(=O)Nc3cccc(C#N)c3)s2)o1. The third kappa shape index (κ3) is 3.23. The van der Waals surface area contributed by atoms with Crippen LogP contribution >= 0.6 is 11.3 Å². The van der Waals surface area contributed by atoms with Crippen LogP contribution < -0.4 is 4.72 Å². The van der Waals surface area contributed by atoms with Crippen molar-refractivity contribution < 1.29 is 12.8 Å². The summed E-state index contributed by atoms with van der Waals surface area (Å²) in [5.41, 5.74) is 0.700. The van der Waals surface area contributed by atoms with Crippen LogP contribution in [0.5, 0.6) is 0 Å². The Kier molecular flexibility index (Phi) is 3.85. The standard InChI is InChI=1S/C14H10N4O3S2/c1-9-16-17-14(21-9)12-5-6-13(22-12)23(19,20)18-11-4-2-3-10(7-11)8-15/h2-7,18H,1H3. The molecule has 0 spiro atoms. The van der Waals surface area contributed by atoms with E-state index in [1.807, 2.05) is 6.07 Å². The van der Waals surface area contributed by atoms with Crippen LogP contribution in [-0.4, -0.2) is 18.6 Å². The zero-order valence-electron chi connectivity index (χ0n) is 11.8. The second-order valence-corrected chi connectivity index (χ2v) is 7.54. The molecule has 2 aromatic heterocycles. The van der Waals surface area contributed by atoms with Gasteiger partial charge in [0.25, 0.3) is 15.9 Å². The molecule has 0 unspecified atom stereocenters. The normalized spacial score (nSPS) is 11.1. The molecule has 3 rings (SSSR count). The topological polar surface area (TPSA) is 109 Å². The fourth-order valence-corrected chi connectivity index (χ4v) is 4.11. The van der Waals surface area contributed by atoms with Gasteiger partial charge < -0.3 is 4.42 Å². The van der Waals surface area contributed by atoms with E-state index in [0.29, 0.717) is 22.0 Å². The van der Waals surface area contributed by atoms with Crippen molar-refractivity contribution in [2.75, 3.05) is 4.72 Å². The minimum atomic E-state index is -3.75. The van der Waals surface area contributed by atoms with Crippen LogP contribution in [0.2, 0.25) is 0 Å². The van der Waals surface area contributed by atoms with Gasteiger partial charge in [-0.1, -0.05) is 6.07 Å². The highest BCUT2D eigenvalue weighted by Gasteiger charge is 2.19. The van der Waals surface area contributed by atoms with E-state index in [9.17, 15) is 8.42 Å². The predicted octanol–water partition coefficient (Wildman–Crippen LogP) is 2.78. The highest BCUT2D eigenvalue weighted by molar-refractivity contribution is 7.94. The number of hydrogen-bond donors (Lipinski definition) is 1. The van der Waals surface area contributed by atoms with E-state index in [2.05, 4.69) is 14.9 Å². The molecule has 0 saturated carbocycles. The van der Waals surface area contributed by atoms with Gasteiger partial charge >= 0.3 is 0 Å². The Balaban J connectivity index is 1.88. The molecule has 1 N–H and O–H groups in total. The van der Waals surface area contributed by atoms with Crippen LogP contribution in [0.15, 0.2) is 45.0 Å². The third-order valence-corrected chi connectivity index (χ3v) is 5.77. The Morgan fingerprint density at radius 2 is 2.09 bits per heavy atom. The average molecular weight is 346 g/mol. The summed E-state index contributed by atoms with van der Waals surface area (Å²) in [7, 11) is -3.75. The molecular formula is C14H10N4O3S2. The van der Waals surface area contributed by atoms with Crippen LogP contribution in [0.4, 0.5) is 5.69 Å². The summed E-state index contributed by atoms with van der Waals surface area (Å²) < 4.78 is 32.6. The van der Waals surface area contributed by atoms with Crippen LogP contribution in [0.1, 0.15) is 11.5 Å². The van der Waals surface area contributed by atoms with Gasteiger partial charge in [0.1, 0.15) is 4.21 Å². The van der Waals surface area contributed by atoms with Crippen LogP contribution in [0.3, 0.4) is 0 Å². The van der Waals surface area contributed by atoms with Gasteiger partial charge in [0.15, 0.2) is 0 Å². The number of nitrogens with zero attached hydrogens (tertiary/aromatic N) is 3. The van der Waals surface area contributed by atoms with Gasteiger partial charge in [-0.2, -0.15) is 5.26 Å². The lowest BCUT2D eigenvalue weighted by atomic mass is 10.2. The van der Waals surface area contributed by atoms with Crippen molar-refractivity contribution in [1.29, 1.82) is 5.26 Å². The zero-order chi connectivity index (χ0) is 16.4. The maximum absolute atomic E-state index is 12.4. The van der Waals surface area contributed by atoms with Gasteiger partial charge in [0.05, 0.1) is 22.2 Å². The van der Waals surface area contributed by atoms with Crippen LogP contribution in [-0.2, 0) is 10.0 Å². The van der Waals surface area contributed by atoms with E-state index in [1.165, 1.54) is 12.1 Å². The summed E-state index contributed by atoms with van der Waals surface area (Å²) in [6.45, 7) is 1.66. The Hall–Kier alpha value is -2.70. The van der Waals surface area contributed by atoms with E-state index >= 15 is 0 Å². The summed E-state index contributed by atoms with van der Waals surface area (Å²) in [4.78, 5) is 0.566. The first-order valence-corrected chi connectivity index (χ1v) is 8.71. The number of nitriles is 1. The Bertz CT molecular complexity index is 999. The van der Waals surface area contributed by atoms with Gasteiger partial charge in [0.2, 0.25) is 5.89 Å². The monoisotopic (exact) mass is 346 g/mol. The summed E-state index contributed by atoms with van der Waals surface area (Å²) in [5, 5.41) is 16.4. The molecule has 0 radical (unpaired) electrons. The number of hydrogen-bond acceptors (Lipinski definition) is 7. The van der Waals surface area contributed by atoms with Gasteiger partial charge in [-0.05, 0) is 30.3 Å². The first-order valence-electron chi connectivity index (χ1n) is 6.41. The minimum Gasteiger partial charge on any atom is -0.420 e. The lowest BCUT2D eigenvalue weighted by Crippen LogP contribution is -2.11. The Morgan fingerprint density at radius 3 is 2.78 bits per heavy atom. The number of aryl methyl sites for hydroxylation is 1. The molecule has 7 nitrogen and oxygen atoms in total. The number of sulfonamides is 1. The van der Waals surface area contributed by atoms with Crippen molar-refractivity contribution in [3.05, 3.63) is 47.9 Å². The Labute approximate surface area is 136 Å². The molecule has 0 fully saturated rings. The van der Waals surface area contributed by atoms with Gasteiger partial charge in [0, 0.05) is 6.92 Å². The molecule has 0 amide bonds. The van der Waals surface area contributed by atoms with Crippen molar-refractivity contribution in [3.8, 4) is 16.8 Å². The van der Waals surface area contributed by atoms with Crippen molar-refractivity contribution in [2.24, 2.45) is 0 Å². The van der Waals surface area contributed by atoms with E-state index in [4.69, 9.17) is 9.68 Å². The van der Waals surface area contributed by atoms with E-state index in [-0.39, 0.29) is 10.1 Å². The molecule has 0 saturated heterocycles. The van der Waals surface area contributed by atoms with Gasteiger partial charge in [-0.25, -0.2) is 8.42 Å². The van der Waals surface area contributed by atoms with Crippen molar-refractivity contribution in [3.63, 3.8) is 0 Å². The van der Waals surface area contributed by atoms with Gasteiger partial charge in [-0.15, -0.1) is 21.5 Å². The van der Waals surface area contributed by atoms with E-state index in [1.54, 1.807) is 31.2 Å². The maximum atomic E-state index is 12.4. The lowest BCUT2D eigenvalue weighted by molar-refractivity contribution is 0.534. The molecule has 0 aliphatic carbocycles. The first kappa shape index (κ1) is 15.2.